The topological polar surface area (TPSA) is 64.6 Å². The molecule has 0 radical (unpaired) electrons. The molecule has 2 amide bonds. The molecule has 0 unspecified atom stereocenters. The molecule has 1 heterocycles. The highest BCUT2D eigenvalue weighted by molar-refractivity contribution is 5.74. The summed E-state index contributed by atoms with van der Waals surface area (Å²) < 4.78 is 0. The summed E-state index contributed by atoms with van der Waals surface area (Å²) in [6.07, 6.45) is 3.71. The third-order valence-electron chi connectivity index (χ3n) is 4.39. The van der Waals surface area contributed by atoms with E-state index in [2.05, 4.69) is 22.5 Å². The zero-order chi connectivity index (χ0) is 16.5. The normalized spacial score (nSPS) is 17.7. The molecule has 23 heavy (non-hydrogen) atoms. The summed E-state index contributed by atoms with van der Waals surface area (Å²) in [7, 11) is 0. The van der Waals surface area contributed by atoms with Crippen molar-refractivity contribution in [1.29, 1.82) is 0 Å². The second-order valence-electron chi connectivity index (χ2n) is 6.21. The summed E-state index contributed by atoms with van der Waals surface area (Å²) >= 11 is 0. The number of amides is 2. The quantitative estimate of drug-likeness (QED) is 0.722. The molecule has 1 saturated heterocycles. The standard InChI is InChI=1S/C18H29N3O2/c1-2-11-21-12-8-16(9-13-21)19-18(23)20-17(10-14-22)15-6-4-3-5-7-15/h3-7,16-17,22H,2,8-14H2,1H3,(H2,19,20,23)/t17-/m1/s1. The Kier molecular flexibility index (Phi) is 7.36. The van der Waals surface area contributed by atoms with Crippen molar-refractivity contribution in [1.82, 2.24) is 15.5 Å². The van der Waals surface area contributed by atoms with Crippen molar-refractivity contribution in [2.75, 3.05) is 26.2 Å². The summed E-state index contributed by atoms with van der Waals surface area (Å²) in [6.45, 7) is 5.50. The second kappa shape index (κ2) is 9.53. The molecule has 0 aliphatic carbocycles. The van der Waals surface area contributed by atoms with Gasteiger partial charge in [-0.25, -0.2) is 4.79 Å². The maximum Gasteiger partial charge on any atom is 0.315 e. The van der Waals surface area contributed by atoms with Crippen LogP contribution in [0.2, 0.25) is 0 Å². The summed E-state index contributed by atoms with van der Waals surface area (Å²) in [5.41, 5.74) is 1.02. The maximum atomic E-state index is 12.3. The lowest BCUT2D eigenvalue weighted by molar-refractivity contribution is 0.190. The van der Waals surface area contributed by atoms with Gasteiger partial charge in [-0.1, -0.05) is 37.3 Å². The molecule has 3 N–H and O–H groups in total. The van der Waals surface area contributed by atoms with Crippen molar-refractivity contribution in [2.45, 2.75) is 44.7 Å². The summed E-state index contributed by atoms with van der Waals surface area (Å²) in [5, 5.41) is 15.3. The van der Waals surface area contributed by atoms with Crippen molar-refractivity contribution in [3.05, 3.63) is 35.9 Å². The molecule has 1 aliphatic rings. The minimum Gasteiger partial charge on any atom is -0.396 e. The van der Waals surface area contributed by atoms with E-state index in [1.54, 1.807) is 0 Å². The van der Waals surface area contributed by atoms with Gasteiger partial charge in [0.2, 0.25) is 0 Å². The van der Waals surface area contributed by atoms with Gasteiger partial charge in [-0.2, -0.15) is 0 Å². The monoisotopic (exact) mass is 319 g/mol. The molecular weight excluding hydrogens is 290 g/mol. The third-order valence-corrected chi connectivity index (χ3v) is 4.39. The number of hydrogen-bond donors (Lipinski definition) is 3. The average molecular weight is 319 g/mol. The van der Waals surface area contributed by atoms with Crippen LogP contribution in [0.15, 0.2) is 30.3 Å². The van der Waals surface area contributed by atoms with Gasteiger partial charge in [0.1, 0.15) is 0 Å². The summed E-state index contributed by atoms with van der Waals surface area (Å²) in [6, 6.07) is 9.75. The van der Waals surface area contributed by atoms with Crippen molar-refractivity contribution in [3.63, 3.8) is 0 Å². The Bertz CT molecular complexity index is 459. The lowest BCUT2D eigenvalue weighted by Crippen LogP contribution is -2.48. The van der Waals surface area contributed by atoms with Crippen LogP contribution in [0.4, 0.5) is 4.79 Å². The Labute approximate surface area is 139 Å². The van der Waals surface area contributed by atoms with Gasteiger partial charge >= 0.3 is 6.03 Å². The highest BCUT2D eigenvalue weighted by atomic mass is 16.3. The SMILES string of the molecule is CCCN1CCC(NC(=O)N[C@H](CCO)c2ccccc2)CC1. The van der Waals surface area contributed by atoms with Gasteiger partial charge in [0.05, 0.1) is 6.04 Å². The van der Waals surface area contributed by atoms with Gasteiger partial charge in [0, 0.05) is 25.7 Å². The van der Waals surface area contributed by atoms with Crippen LogP contribution in [0, 0.1) is 0 Å². The third kappa shape index (κ3) is 5.84. The number of piperidine rings is 1. The number of nitrogens with zero attached hydrogens (tertiary/aromatic N) is 1. The number of carbonyl (C=O) groups is 1. The smallest absolute Gasteiger partial charge is 0.315 e. The molecule has 0 spiro atoms. The Hall–Kier alpha value is -1.59. The van der Waals surface area contributed by atoms with Crippen LogP contribution >= 0.6 is 0 Å². The summed E-state index contributed by atoms with van der Waals surface area (Å²) in [4.78, 5) is 14.7. The van der Waals surface area contributed by atoms with Crippen LogP contribution in [0.1, 0.15) is 44.2 Å². The van der Waals surface area contributed by atoms with Crippen LogP contribution < -0.4 is 10.6 Å². The molecule has 0 aromatic heterocycles. The highest BCUT2D eigenvalue weighted by Crippen LogP contribution is 2.16. The van der Waals surface area contributed by atoms with E-state index in [1.165, 1.54) is 6.42 Å². The van der Waals surface area contributed by atoms with Crippen molar-refractivity contribution < 1.29 is 9.90 Å². The predicted octanol–water partition coefficient (Wildman–Crippen LogP) is 2.28. The minimum atomic E-state index is -0.151. The number of nitrogens with one attached hydrogen (secondary N) is 2. The first kappa shape index (κ1) is 17.8. The predicted molar refractivity (Wildman–Crippen MR) is 92.3 cm³/mol. The van der Waals surface area contributed by atoms with E-state index >= 15 is 0 Å². The van der Waals surface area contributed by atoms with E-state index < -0.39 is 0 Å². The number of benzene rings is 1. The van der Waals surface area contributed by atoms with E-state index in [0.717, 1.165) is 38.0 Å². The number of hydrogen-bond acceptors (Lipinski definition) is 3. The van der Waals surface area contributed by atoms with E-state index in [9.17, 15) is 9.90 Å². The van der Waals surface area contributed by atoms with E-state index in [-0.39, 0.29) is 24.7 Å². The Morgan fingerprint density at radius 1 is 1.30 bits per heavy atom. The van der Waals surface area contributed by atoms with Crippen LogP contribution in [0.5, 0.6) is 0 Å². The van der Waals surface area contributed by atoms with Crippen LogP contribution in [-0.4, -0.2) is 48.3 Å². The number of carbonyl (C=O) groups excluding carboxylic acids is 1. The fraction of sp³-hybridized carbons (Fsp3) is 0.611. The Morgan fingerprint density at radius 2 is 2.00 bits per heavy atom. The van der Waals surface area contributed by atoms with Crippen LogP contribution in [0.3, 0.4) is 0 Å². The number of rotatable bonds is 7. The second-order valence-corrected chi connectivity index (χ2v) is 6.21. The Morgan fingerprint density at radius 3 is 2.61 bits per heavy atom. The number of aliphatic hydroxyl groups is 1. The molecule has 1 fully saturated rings. The van der Waals surface area contributed by atoms with Crippen LogP contribution in [0.25, 0.3) is 0 Å². The van der Waals surface area contributed by atoms with Gasteiger partial charge < -0.3 is 20.6 Å². The molecule has 1 aromatic carbocycles. The maximum absolute atomic E-state index is 12.3. The van der Waals surface area contributed by atoms with Gasteiger partial charge in [0.15, 0.2) is 0 Å². The number of aliphatic hydroxyl groups excluding tert-OH is 1. The summed E-state index contributed by atoms with van der Waals surface area (Å²) in [5.74, 6) is 0. The Balaban J connectivity index is 1.81. The number of urea groups is 1. The van der Waals surface area contributed by atoms with Crippen LogP contribution in [-0.2, 0) is 0 Å². The lowest BCUT2D eigenvalue weighted by atomic mass is 10.0. The molecule has 128 valence electrons. The van der Waals surface area contributed by atoms with Crippen molar-refractivity contribution >= 4 is 6.03 Å². The zero-order valence-electron chi connectivity index (χ0n) is 14.0. The molecule has 1 aromatic rings. The highest BCUT2D eigenvalue weighted by Gasteiger charge is 2.21. The first-order chi connectivity index (χ1) is 11.2. The van der Waals surface area contributed by atoms with E-state index in [0.29, 0.717) is 6.42 Å². The molecule has 1 aliphatic heterocycles. The first-order valence-electron chi connectivity index (χ1n) is 8.68. The lowest BCUT2D eigenvalue weighted by Gasteiger charge is -2.32. The van der Waals surface area contributed by atoms with Gasteiger partial charge in [0.25, 0.3) is 0 Å². The molecule has 5 nitrogen and oxygen atoms in total. The molecular formula is C18H29N3O2. The molecule has 0 saturated carbocycles. The molecule has 5 heteroatoms. The van der Waals surface area contributed by atoms with Gasteiger partial charge in [-0.05, 0) is 37.8 Å². The molecule has 1 atom stereocenters. The van der Waals surface area contributed by atoms with Gasteiger partial charge in [-0.3, -0.25) is 0 Å². The van der Waals surface area contributed by atoms with E-state index in [4.69, 9.17) is 0 Å². The largest absolute Gasteiger partial charge is 0.396 e. The zero-order valence-corrected chi connectivity index (χ0v) is 14.0. The first-order valence-corrected chi connectivity index (χ1v) is 8.68. The fourth-order valence-electron chi connectivity index (χ4n) is 3.14. The minimum absolute atomic E-state index is 0.0508. The number of likely N-dealkylation sites (tertiary alicyclic amines) is 1. The van der Waals surface area contributed by atoms with Gasteiger partial charge in [-0.15, -0.1) is 0 Å². The van der Waals surface area contributed by atoms with Crippen molar-refractivity contribution in [3.8, 4) is 0 Å². The van der Waals surface area contributed by atoms with Crippen molar-refractivity contribution in [2.24, 2.45) is 0 Å². The van der Waals surface area contributed by atoms with E-state index in [1.807, 2.05) is 30.3 Å². The molecule has 0 bridgehead atoms. The fourth-order valence-corrected chi connectivity index (χ4v) is 3.14. The molecule has 2 rings (SSSR count). The average Bonchev–Trinajstić information content (AvgIpc) is 2.57.